The van der Waals surface area contributed by atoms with Crippen LogP contribution in [-0.4, -0.2) is 29.6 Å². The normalized spacial score (nSPS) is 11.4. The monoisotopic (exact) mass is 443 g/mol. The molecule has 0 aromatic heterocycles. The third-order valence-corrected chi connectivity index (χ3v) is 4.68. The predicted molar refractivity (Wildman–Crippen MR) is 124 cm³/mol. The first-order chi connectivity index (χ1) is 14.8. The van der Waals surface area contributed by atoms with Crippen molar-refractivity contribution in [3.8, 4) is 11.5 Å². The summed E-state index contributed by atoms with van der Waals surface area (Å²) in [6.45, 7) is 7.93. The van der Waals surface area contributed by atoms with E-state index in [1.165, 1.54) is 0 Å². The number of ether oxygens (including phenoxy) is 2. The molecule has 2 rings (SSSR count). The molecule has 1 atom stereocenters. The van der Waals surface area contributed by atoms with Crippen LogP contribution in [0.1, 0.15) is 56.0 Å². The molecule has 0 aliphatic rings. The van der Waals surface area contributed by atoms with Crippen LogP contribution in [0.2, 0.25) is 0 Å². The molecule has 0 heterocycles. The number of thiocarbonyl (C=S) groups is 1. The first-order valence-electron chi connectivity index (χ1n) is 10.2. The number of benzene rings is 2. The quantitative estimate of drug-likeness (QED) is 0.426. The van der Waals surface area contributed by atoms with Gasteiger partial charge in [0.05, 0.1) is 6.10 Å². The van der Waals surface area contributed by atoms with Gasteiger partial charge in [-0.05, 0) is 67.4 Å². The van der Waals surface area contributed by atoms with Crippen LogP contribution in [-0.2, 0) is 4.79 Å². The Bertz CT molecular complexity index is 900. The van der Waals surface area contributed by atoms with Gasteiger partial charge in [0.25, 0.3) is 11.8 Å². The molecule has 2 amide bonds. The Labute approximate surface area is 188 Å². The molecule has 0 fully saturated rings. The topological polar surface area (TPSA) is 88.7 Å². The van der Waals surface area contributed by atoms with Crippen LogP contribution in [0.5, 0.6) is 11.5 Å². The second-order valence-corrected chi connectivity index (χ2v) is 7.71. The van der Waals surface area contributed by atoms with Gasteiger partial charge in [0.1, 0.15) is 11.5 Å². The van der Waals surface area contributed by atoms with Crippen LogP contribution in [0, 0.1) is 0 Å². The van der Waals surface area contributed by atoms with Crippen molar-refractivity contribution in [2.24, 2.45) is 0 Å². The van der Waals surface area contributed by atoms with Crippen molar-refractivity contribution in [2.45, 2.75) is 46.1 Å². The molecular formula is C23H29N3O4S. The van der Waals surface area contributed by atoms with Crippen molar-refractivity contribution in [3.63, 3.8) is 0 Å². The van der Waals surface area contributed by atoms with E-state index in [1.54, 1.807) is 24.3 Å². The van der Waals surface area contributed by atoms with Gasteiger partial charge in [0.2, 0.25) is 0 Å². The minimum Gasteiger partial charge on any atom is -0.491 e. The van der Waals surface area contributed by atoms with E-state index in [0.29, 0.717) is 17.1 Å². The highest BCUT2D eigenvalue weighted by atomic mass is 32.1. The Morgan fingerprint density at radius 3 is 2.32 bits per heavy atom. The van der Waals surface area contributed by atoms with Gasteiger partial charge in [-0.15, -0.1) is 0 Å². The second-order valence-electron chi connectivity index (χ2n) is 7.30. The number of amides is 2. The first kappa shape index (κ1) is 24.1. The number of nitrogens with one attached hydrogen (secondary N) is 3. The van der Waals surface area contributed by atoms with Crippen LogP contribution in [0.25, 0.3) is 0 Å². The molecule has 3 N–H and O–H groups in total. The molecule has 0 radical (unpaired) electrons. The fraction of sp³-hybridized carbons (Fsp3) is 0.348. The summed E-state index contributed by atoms with van der Waals surface area (Å²) in [6.07, 6.45) is 0.992. The summed E-state index contributed by atoms with van der Waals surface area (Å²) in [5, 5.41) is 2.48. The van der Waals surface area contributed by atoms with Gasteiger partial charge >= 0.3 is 0 Å². The summed E-state index contributed by atoms with van der Waals surface area (Å²) < 4.78 is 11.3. The standard InChI is InChI=1S/C23H29N3O4S/c1-5-16(4)30-18-12-10-17(11-13-18)22(28)24-23(31)26-25-21(27)14-29-20-9-7-6-8-19(20)15(2)3/h6-13,15-16H,5,14H2,1-4H3,(H,25,27)(H2,24,26,28,31). The summed E-state index contributed by atoms with van der Waals surface area (Å²) in [4.78, 5) is 24.3. The number of hydrogen-bond acceptors (Lipinski definition) is 5. The summed E-state index contributed by atoms with van der Waals surface area (Å²) in [5.74, 6) is 0.795. The van der Waals surface area contributed by atoms with Crippen LogP contribution >= 0.6 is 12.2 Å². The van der Waals surface area contributed by atoms with E-state index in [9.17, 15) is 9.59 Å². The van der Waals surface area contributed by atoms with Crippen molar-refractivity contribution in [3.05, 3.63) is 59.7 Å². The molecule has 0 aliphatic carbocycles. The van der Waals surface area contributed by atoms with E-state index in [-0.39, 0.29) is 23.7 Å². The summed E-state index contributed by atoms with van der Waals surface area (Å²) in [6, 6.07) is 14.3. The van der Waals surface area contributed by atoms with Crippen molar-refractivity contribution in [2.75, 3.05) is 6.61 Å². The average molecular weight is 444 g/mol. The second kappa shape index (κ2) is 11.9. The smallest absolute Gasteiger partial charge is 0.276 e. The molecular weight excluding hydrogens is 414 g/mol. The fourth-order valence-electron chi connectivity index (χ4n) is 2.60. The van der Waals surface area contributed by atoms with Crippen LogP contribution in [0.4, 0.5) is 0 Å². The van der Waals surface area contributed by atoms with Crippen LogP contribution < -0.4 is 25.6 Å². The van der Waals surface area contributed by atoms with Crippen LogP contribution in [0.15, 0.2) is 48.5 Å². The lowest BCUT2D eigenvalue weighted by molar-refractivity contribution is -0.123. The minimum absolute atomic E-state index is 0.0270. The Hall–Kier alpha value is -3.13. The fourth-order valence-corrected chi connectivity index (χ4v) is 2.75. The maximum Gasteiger partial charge on any atom is 0.276 e. The molecule has 0 aliphatic heterocycles. The number of hydrogen-bond donors (Lipinski definition) is 3. The van der Waals surface area contributed by atoms with Gasteiger partial charge in [-0.25, -0.2) is 0 Å². The van der Waals surface area contributed by atoms with Crippen molar-refractivity contribution >= 4 is 29.1 Å². The summed E-state index contributed by atoms with van der Waals surface area (Å²) in [7, 11) is 0. The molecule has 0 bridgehead atoms. The molecule has 8 heteroatoms. The van der Waals surface area contributed by atoms with Crippen molar-refractivity contribution < 1.29 is 19.1 Å². The van der Waals surface area contributed by atoms with Crippen molar-refractivity contribution in [1.82, 2.24) is 16.2 Å². The first-order valence-corrected chi connectivity index (χ1v) is 10.6. The van der Waals surface area contributed by atoms with Gasteiger partial charge in [-0.3, -0.25) is 25.8 Å². The van der Waals surface area contributed by atoms with E-state index in [1.807, 2.05) is 38.1 Å². The lowest BCUT2D eigenvalue weighted by Crippen LogP contribution is -2.49. The van der Waals surface area contributed by atoms with E-state index < -0.39 is 11.8 Å². The van der Waals surface area contributed by atoms with E-state index in [0.717, 1.165) is 12.0 Å². The number of carbonyl (C=O) groups excluding carboxylic acids is 2. The molecule has 0 saturated heterocycles. The summed E-state index contributed by atoms with van der Waals surface area (Å²) in [5.41, 5.74) is 6.34. The molecule has 31 heavy (non-hydrogen) atoms. The summed E-state index contributed by atoms with van der Waals surface area (Å²) >= 11 is 5.06. The zero-order valence-electron chi connectivity index (χ0n) is 18.2. The number of para-hydroxylation sites is 1. The van der Waals surface area contributed by atoms with Gasteiger partial charge < -0.3 is 9.47 Å². The maximum atomic E-state index is 12.3. The van der Waals surface area contributed by atoms with Gasteiger partial charge in [0.15, 0.2) is 11.7 Å². The molecule has 2 aromatic rings. The van der Waals surface area contributed by atoms with Gasteiger partial charge in [0, 0.05) is 5.56 Å². The molecule has 2 aromatic carbocycles. The highest BCUT2D eigenvalue weighted by Gasteiger charge is 2.11. The molecule has 166 valence electrons. The molecule has 0 saturated carbocycles. The zero-order chi connectivity index (χ0) is 22.8. The third-order valence-electron chi connectivity index (χ3n) is 4.47. The molecule has 0 spiro atoms. The Kier molecular flexibility index (Phi) is 9.27. The minimum atomic E-state index is -0.429. The average Bonchev–Trinajstić information content (AvgIpc) is 2.76. The van der Waals surface area contributed by atoms with Gasteiger partial charge in [-0.2, -0.15) is 0 Å². The van der Waals surface area contributed by atoms with Gasteiger partial charge in [-0.1, -0.05) is 39.0 Å². The lowest BCUT2D eigenvalue weighted by atomic mass is 10.0. The van der Waals surface area contributed by atoms with Crippen molar-refractivity contribution in [1.29, 1.82) is 0 Å². The number of carbonyl (C=O) groups is 2. The largest absolute Gasteiger partial charge is 0.491 e. The van der Waals surface area contributed by atoms with E-state index in [2.05, 4.69) is 30.0 Å². The molecule has 7 nitrogen and oxygen atoms in total. The molecule has 1 unspecified atom stereocenters. The Balaban J connectivity index is 1.77. The maximum absolute atomic E-state index is 12.3. The zero-order valence-corrected chi connectivity index (χ0v) is 19.0. The third kappa shape index (κ3) is 7.90. The highest BCUT2D eigenvalue weighted by Crippen LogP contribution is 2.25. The highest BCUT2D eigenvalue weighted by molar-refractivity contribution is 7.80. The number of rotatable bonds is 8. The SMILES string of the molecule is CCC(C)Oc1ccc(C(=O)NC(=S)NNC(=O)COc2ccccc2C(C)C)cc1. The van der Waals surface area contributed by atoms with Crippen LogP contribution in [0.3, 0.4) is 0 Å². The Morgan fingerprint density at radius 1 is 1.00 bits per heavy atom. The number of hydrazine groups is 1. The van der Waals surface area contributed by atoms with E-state index >= 15 is 0 Å². The predicted octanol–water partition coefficient (Wildman–Crippen LogP) is 3.70. The lowest BCUT2D eigenvalue weighted by Gasteiger charge is -2.15. The van der Waals surface area contributed by atoms with E-state index in [4.69, 9.17) is 21.7 Å². The Morgan fingerprint density at radius 2 is 1.68 bits per heavy atom.